The van der Waals surface area contributed by atoms with Crippen molar-refractivity contribution >= 4 is 36.2 Å². The fourth-order valence-corrected chi connectivity index (χ4v) is 1.42. The maximum atomic E-state index is 8.28. The van der Waals surface area contributed by atoms with Crippen molar-refractivity contribution in [1.29, 1.82) is 5.26 Å². The summed E-state index contributed by atoms with van der Waals surface area (Å²) in [5, 5.41) is 10.5. The van der Waals surface area contributed by atoms with E-state index >= 15 is 0 Å². The topological polar surface area (TPSA) is 68.3 Å². The smallest absolute Gasteiger partial charge is 0.201 e. The first-order valence-electron chi connectivity index (χ1n) is 2.49. The molecule has 0 fully saturated rings. The van der Waals surface area contributed by atoms with Crippen molar-refractivity contribution in [3.63, 3.8) is 0 Å². The van der Waals surface area contributed by atoms with Gasteiger partial charge in [-0.1, -0.05) is 0 Å². The molecule has 0 radical (unpaired) electrons. The number of H-pyrrole nitrogens is 2. The molecule has 0 aliphatic carbocycles. The Hall–Kier alpha value is -0.710. The van der Waals surface area contributed by atoms with Gasteiger partial charge in [-0.2, -0.15) is 10.2 Å². The van der Waals surface area contributed by atoms with Gasteiger partial charge in [0.15, 0.2) is 9.93 Å². The Labute approximate surface area is 76.7 Å². The van der Waals surface area contributed by atoms with Gasteiger partial charge in [0.05, 0.1) is 0 Å². The van der Waals surface area contributed by atoms with Crippen molar-refractivity contribution in [1.82, 2.24) is 15.0 Å². The summed E-state index contributed by atoms with van der Waals surface area (Å²) in [5.41, 5.74) is 0. The summed E-state index contributed by atoms with van der Waals surface area (Å²) in [5.74, 6) is 0. The molecule has 4 nitrogen and oxygen atoms in total. The zero-order valence-electron chi connectivity index (χ0n) is 5.12. The first-order valence-corrected chi connectivity index (χ1v) is 4.12. The Morgan fingerprint density at radius 2 is 2.18 bits per heavy atom. The fraction of sp³-hybridized carbons (Fsp3) is 0. The first kappa shape index (κ1) is 8.39. The van der Waals surface area contributed by atoms with Gasteiger partial charge in [0.25, 0.3) is 0 Å². The van der Waals surface area contributed by atoms with Crippen molar-refractivity contribution < 1.29 is 0 Å². The van der Waals surface area contributed by atoms with Gasteiger partial charge in [-0.15, -0.1) is 0 Å². The number of hydrogen-bond acceptors (Lipinski definition) is 5. The van der Waals surface area contributed by atoms with Crippen LogP contribution < -0.4 is 0 Å². The molecule has 1 rings (SSSR count). The quantitative estimate of drug-likeness (QED) is 0.412. The minimum Gasteiger partial charge on any atom is -0.311 e. The average molecular weight is 202 g/mol. The van der Waals surface area contributed by atoms with E-state index in [-0.39, 0.29) is 4.77 Å². The van der Waals surface area contributed by atoms with Crippen LogP contribution >= 0.6 is 36.2 Å². The molecule has 0 saturated carbocycles. The van der Waals surface area contributed by atoms with E-state index in [0.29, 0.717) is 9.93 Å². The molecule has 0 aliphatic heterocycles. The minimum atomic E-state index is 0.284. The molecule has 7 heteroatoms. The maximum absolute atomic E-state index is 8.28. The highest BCUT2D eigenvalue weighted by Gasteiger charge is 1.92. The molecule has 0 aliphatic rings. The number of rotatable bonds is 1. The van der Waals surface area contributed by atoms with Crippen molar-refractivity contribution in [2.45, 2.75) is 5.16 Å². The average Bonchev–Trinajstić information content (AvgIpc) is 1.85. The van der Waals surface area contributed by atoms with Crippen molar-refractivity contribution in [3.8, 4) is 5.40 Å². The SMILES string of the molecule is N#CSc1nc(=S)[nH]c(=S)[nH]1. The number of aromatic amines is 2. The number of nitriles is 1. The third kappa shape index (κ3) is 2.42. The molecule has 0 spiro atoms. The largest absolute Gasteiger partial charge is 0.311 e. The molecular formula is C4H2N4S3. The van der Waals surface area contributed by atoms with Crippen molar-refractivity contribution in [3.05, 3.63) is 9.54 Å². The fourth-order valence-electron chi connectivity index (χ4n) is 0.465. The highest BCUT2D eigenvalue weighted by Crippen LogP contribution is 2.07. The number of hydrogen-bond donors (Lipinski definition) is 2. The van der Waals surface area contributed by atoms with Gasteiger partial charge in [-0.3, -0.25) is 0 Å². The third-order valence-electron chi connectivity index (χ3n) is 0.786. The molecule has 2 N–H and O–H groups in total. The molecule has 1 aromatic rings. The first-order chi connectivity index (χ1) is 5.22. The van der Waals surface area contributed by atoms with Crippen LogP contribution in [0.3, 0.4) is 0 Å². The maximum Gasteiger partial charge on any atom is 0.201 e. The Morgan fingerprint density at radius 1 is 1.45 bits per heavy atom. The Morgan fingerprint density at radius 3 is 2.73 bits per heavy atom. The number of nitrogens with zero attached hydrogens (tertiary/aromatic N) is 2. The van der Waals surface area contributed by atoms with E-state index in [2.05, 4.69) is 15.0 Å². The number of nitrogens with one attached hydrogen (secondary N) is 2. The van der Waals surface area contributed by atoms with Gasteiger partial charge in [0.1, 0.15) is 5.40 Å². The Bertz CT molecular complexity index is 369. The molecular weight excluding hydrogens is 200 g/mol. The summed E-state index contributed by atoms with van der Waals surface area (Å²) in [6.45, 7) is 0. The van der Waals surface area contributed by atoms with Crippen molar-refractivity contribution in [2.24, 2.45) is 0 Å². The van der Waals surface area contributed by atoms with Gasteiger partial charge in [0.2, 0.25) is 4.77 Å². The van der Waals surface area contributed by atoms with Crippen LogP contribution in [0.5, 0.6) is 0 Å². The van der Waals surface area contributed by atoms with Gasteiger partial charge in [-0.25, -0.2) is 0 Å². The van der Waals surface area contributed by atoms with E-state index in [1.54, 1.807) is 0 Å². The molecule has 0 amide bonds. The third-order valence-corrected chi connectivity index (χ3v) is 1.66. The normalized spacial score (nSPS) is 9.00. The second kappa shape index (κ2) is 3.61. The van der Waals surface area contributed by atoms with Gasteiger partial charge in [-0.05, 0) is 24.4 Å². The predicted molar refractivity (Wildman–Crippen MR) is 46.1 cm³/mol. The van der Waals surface area contributed by atoms with Crippen LogP contribution in [0.2, 0.25) is 0 Å². The second-order valence-corrected chi connectivity index (χ2v) is 3.06. The van der Waals surface area contributed by atoms with Crippen LogP contribution in [0.4, 0.5) is 0 Å². The number of thioether (sulfide) groups is 1. The van der Waals surface area contributed by atoms with E-state index in [4.69, 9.17) is 29.7 Å². The molecule has 1 heterocycles. The van der Waals surface area contributed by atoms with Crippen LogP contribution in [0.15, 0.2) is 5.16 Å². The monoisotopic (exact) mass is 202 g/mol. The molecule has 56 valence electrons. The van der Waals surface area contributed by atoms with E-state index in [0.717, 1.165) is 11.8 Å². The molecule has 1 aromatic heterocycles. The van der Waals surface area contributed by atoms with Crippen LogP contribution in [0.25, 0.3) is 0 Å². The lowest BCUT2D eigenvalue weighted by Gasteiger charge is -1.90. The molecule has 0 saturated heterocycles. The zero-order chi connectivity index (χ0) is 8.27. The number of thiocyanates is 1. The lowest BCUT2D eigenvalue weighted by Crippen LogP contribution is -1.89. The summed E-state index contributed by atoms with van der Waals surface area (Å²) in [7, 11) is 0. The van der Waals surface area contributed by atoms with E-state index < -0.39 is 0 Å². The van der Waals surface area contributed by atoms with Crippen LogP contribution in [-0.2, 0) is 0 Å². The van der Waals surface area contributed by atoms with E-state index in [1.807, 2.05) is 5.40 Å². The molecule has 0 unspecified atom stereocenters. The molecule has 11 heavy (non-hydrogen) atoms. The second-order valence-electron chi connectivity index (χ2n) is 1.49. The predicted octanol–water partition coefficient (Wildman–Crippen LogP) is 1.77. The van der Waals surface area contributed by atoms with Crippen LogP contribution in [0.1, 0.15) is 0 Å². The van der Waals surface area contributed by atoms with Gasteiger partial charge >= 0.3 is 0 Å². The summed E-state index contributed by atoms with van der Waals surface area (Å²) in [6, 6.07) is 0. The minimum absolute atomic E-state index is 0.284. The zero-order valence-corrected chi connectivity index (χ0v) is 7.57. The summed E-state index contributed by atoms with van der Waals surface area (Å²) in [6.07, 6.45) is 0. The molecule has 0 aromatic carbocycles. The van der Waals surface area contributed by atoms with Crippen molar-refractivity contribution in [2.75, 3.05) is 0 Å². The molecule has 0 atom stereocenters. The molecule has 0 bridgehead atoms. The van der Waals surface area contributed by atoms with Gasteiger partial charge < -0.3 is 9.97 Å². The lowest BCUT2D eigenvalue weighted by atomic mass is 11.1. The summed E-state index contributed by atoms with van der Waals surface area (Å²) >= 11 is 10.4. The summed E-state index contributed by atoms with van der Waals surface area (Å²) < 4.78 is 0.661. The van der Waals surface area contributed by atoms with Gasteiger partial charge in [0, 0.05) is 11.8 Å². The van der Waals surface area contributed by atoms with E-state index in [9.17, 15) is 0 Å². The van der Waals surface area contributed by atoms with Crippen LogP contribution in [-0.4, -0.2) is 15.0 Å². The highest BCUT2D eigenvalue weighted by atomic mass is 32.2. The summed E-state index contributed by atoms with van der Waals surface area (Å²) in [4.78, 5) is 9.08. The lowest BCUT2D eigenvalue weighted by molar-refractivity contribution is 0.875. The number of aromatic nitrogens is 3. The Balaban J connectivity index is 3.22. The Kier molecular flexibility index (Phi) is 2.76. The van der Waals surface area contributed by atoms with E-state index in [1.165, 1.54) is 0 Å². The standard InChI is InChI=1S/C4H2N4S3/c5-1-11-4-7-2(9)6-3(10)8-4/h(H2,6,7,8,9,10). The van der Waals surface area contributed by atoms with Crippen LogP contribution in [0, 0.1) is 20.2 Å². The highest BCUT2D eigenvalue weighted by molar-refractivity contribution is 8.03.